The van der Waals surface area contributed by atoms with E-state index in [4.69, 9.17) is 21.1 Å². The van der Waals surface area contributed by atoms with Crippen LogP contribution in [0.25, 0.3) is 6.08 Å². The first kappa shape index (κ1) is 19.4. The lowest BCUT2D eigenvalue weighted by Crippen LogP contribution is -2.27. The molecule has 2 aromatic rings. The molecular formula is C20H19ClN2O3. The molecule has 0 saturated carbocycles. The lowest BCUT2D eigenvalue weighted by molar-refractivity contribution is -0.117. The summed E-state index contributed by atoms with van der Waals surface area (Å²) in [6, 6.07) is 14.4. The number of nitrogens with zero attached hydrogens (tertiary/aromatic N) is 1. The highest BCUT2D eigenvalue weighted by Gasteiger charge is 2.15. The summed E-state index contributed by atoms with van der Waals surface area (Å²) in [6.07, 6.45) is 1.43. The van der Waals surface area contributed by atoms with Gasteiger partial charge in [-0.05, 0) is 30.2 Å². The number of hydrogen-bond donors (Lipinski definition) is 1. The molecule has 1 N–H and O–H groups in total. The Kier molecular flexibility index (Phi) is 6.65. The molecule has 134 valence electrons. The zero-order valence-electron chi connectivity index (χ0n) is 14.7. The third-order valence-electron chi connectivity index (χ3n) is 3.81. The largest absolute Gasteiger partial charge is 0.493 e. The Morgan fingerprint density at radius 2 is 1.81 bits per heavy atom. The van der Waals surface area contributed by atoms with Gasteiger partial charge in [0.1, 0.15) is 11.6 Å². The molecule has 26 heavy (non-hydrogen) atoms. The van der Waals surface area contributed by atoms with Crippen molar-refractivity contribution in [2.45, 2.75) is 13.0 Å². The average Bonchev–Trinajstić information content (AvgIpc) is 2.67. The maximum Gasteiger partial charge on any atom is 0.262 e. The SMILES string of the molecule is COc1cc(Cl)c(/C=C(\C#N)C(=O)N[C@@H](C)c2ccccc2)cc1OC. The number of nitriles is 1. The molecule has 0 aliphatic heterocycles. The van der Waals surface area contributed by atoms with Crippen LogP contribution in [0.5, 0.6) is 11.5 Å². The maximum absolute atomic E-state index is 12.5. The minimum atomic E-state index is -0.477. The quantitative estimate of drug-likeness (QED) is 0.612. The predicted molar refractivity (Wildman–Crippen MR) is 101 cm³/mol. The van der Waals surface area contributed by atoms with E-state index in [-0.39, 0.29) is 11.6 Å². The highest BCUT2D eigenvalue weighted by molar-refractivity contribution is 6.32. The van der Waals surface area contributed by atoms with E-state index in [1.807, 2.05) is 43.3 Å². The van der Waals surface area contributed by atoms with E-state index >= 15 is 0 Å². The third kappa shape index (κ3) is 4.56. The molecule has 1 atom stereocenters. The number of ether oxygens (including phenoxy) is 2. The number of hydrogen-bond acceptors (Lipinski definition) is 4. The zero-order chi connectivity index (χ0) is 19.1. The topological polar surface area (TPSA) is 71.3 Å². The summed E-state index contributed by atoms with van der Waals surface area (Å²) in [5.74, 6) is 0.448. The van der Waals surface area contributed by atoms with E-state index < -0.39 is 5.91 Å². The predicted octanol–water partition coefficient (Wildman–Crippen LogP) is 4.14. The summed E-state index contributed by atoms with van der Waals surface area (Å²) in [5.41, 5.74) is 1.38. The molecule has 2 rings (SSSR count). The molecule has 2 aromatic carbocycles. The number of halogens is 1. The minimum absolute atomic E-state index is 0.0538. The van der Waals surface area contributed by atoms with Gasteiger partial charge in [0.05, 0.1) is 25.3 Å². The molecule has 1 amide bonds. The van der Waals surface area contributed by atoms with Crippen LogP contribution in [0.2, 0.25) is 5.02 Å². The van der Waals surface area contributed by atoms with E-state index in [9.17, 15) is 10.1 Å². The molecule has 0 aliphatic carbocycles. The van der Waals surface area contributed by atoms with Crippen LogP contribution < -0.4 is 14.8 Å². The van der Waals surface area contributed by atoms with Gasteiger partial charge < -0.3 is 14.8 Å². The Balaban J connectivity index is 2.27. The average molecular weight is 371 g/mol. The van der Waals surface area contributed by atoms with Gasteiger partial charge in [-0.25, -0.2) is 0 Å². The first-order valence-corrected chi connectivity index (χ1v) is 8.27. The van der Waals surface area contributed by atoms with Crippen molar-refractivity contribution in [1.29, 1.82) is 5.26 Å². The Morgan fingerprint density at radius 3 is 2.38 bits per heavy atom. The standard InChI is InChI=1S/C20H19ClN2O3/c1-13(14-7-5-4-6-8-14)23-20(24)16(12-22)9-15-10-18(25-2)19(26-3)11-17(15)21/h4-11,13H,1-3H3,(H,23,24)/b16-9+/t13-/m0/s1. The fourth-order valence-corrected chi connectivity index (χ4v) is 2.59. The Bertz CT molecular complexity index is 857. The summed E-state index contributed by atoms with van der Waals surface area (Å²) in [5, 5.41) is 12.5. The summed E-state index contributed by atoms with van der Waals surface area (Å²) in [6.45, 7) is 1.85. The van der Waals surface area contributed by atoms with E-state index in [2.05, 4.69) is 5.32 Å². The number of carbonyl (C=O) groups is 1. The maximum atomic E-state index is 12.5. The van der Waals surface area contributed by atoms with Crippen LogP contribution in [0.15, 0.2) is 48.0 Å². The Hall–Kier alpha value is -2.97. The molecule has 6 heteroatoms. The molecular weight excluding hydrogens is 352 g/mol. The van der Waals surface area contributed by atoms with Crippen LogP contribution in [0.1, 0.15) is 24.1 Å². The summed E-state index contributed by atoms with van der Waals surface area (Å²) in [7, 11) is 3.00. The molecule has 0 aromatic heterocycles. The number of benzene rings is 2. The summed E-state index contributed by atoms with van der Waals surface area (Å²) < 4.78 is 10.4. The van der Waals surface area contributed by atoms with Crippen molar-refractivity contribution >= 4 is 23.6 Å². The van der Waals surface area contributed by atoms with Crippen LogP contribution in [0.4, 0.5) is 0 Å². The normalized spacial score (nSPS) is 12.0. The molecule has 0 fully saturated rings. The smallest absolute Gasteiger partial charge is 0.262 e. The first-order valence-electron chi connectivity index (χ1n) is 7.89. The van der Waals surface area contributed by atoms with Crippen molar-refractivity contribution in [2.24, 2.45) is 0 Å². The van der Waals surface area contributed by atoms with E-state index in [0.29, 0.717) is 22.1 Å². The highest BCUT2D eigenvalue weighted by Crippen LogP contribution is 2.34. The highest BCUT2D eigenvalue weighted by atomic mass is 35.5. The number of rotatable bonds is 6. The van der Waals surface area contributed by atoms with Gasteiger partial charge in [0.25, 0.3) is 5.91 Å². The second-order valence-corrected chi connectivity index (χ2v) is 5.91. The zero-order valence-corrected chi connectivity index (χ0v) is 15.5. The number of amides is 1. The number of nitrogens with one attached hydrogen (secondary N) is 1. The van der Waals surface area contributed by atoms with Crippen molar-refractivity contribution in [3.8, 4) is 17.6 Å². The van der Waals surface area contributed by atoms with Crippen LogP contribution in [-0.4, -0.2) is 20.1 Å². The minimum Gasteiger partial charge on any atom is -0.493 e. The number of carbonyl (C=O) groups excluding carboxylic acids is 1. The van der Waals surface area contributed by atoms with Gasteiger partial charge in [0.2, 0.25) is 0 Å². The van der Waals surface area contributed by atoms with Crippen LogP contribution in [-0.2, 0) is 4.79 Å². The fraction of sp³-hybridized carbons (Fsp3) is 0.200. The fourth-order valence-electron chi connectivity index (χ4n) is 2.38. The molecule has 0 unspecified atom stereocenters. The van der Waals surface area contributed by atoms with E-state index in [1.165, 1.54) is 20.3 Å². The Morgan fingerprint density at radius 1 is 1.19 bits per heavy atom. The lowest BCUT2D eigenvalue weighted by atomic mass is 10.1. The molecule has 0 heterocycles. The lowest BCUT2D eigenvalue weighted by Gasteiger charge is -2.14. The van der Waals surface area contributed by atoms with Gasteiger partial charge in [-0.1, -0.05) is 41.9 Å². The molecule has 5 nitrogen and oxygen atoms in total. The summed E-state index contributed by atoms with van der Waals surface area (Å²) >= 11 is 6.22. The first-order chi connectivity index (χ1) is 12.5. The van der Waals surface area contributed by atoms with Gasteiger partial charge in [0.15, 0.2) is 11.5 Å². The van der Waals surface area contributed by atoms with Gasteiger partial charge in [-0.2, -0.15) is 5.26 Å². The van der Waals surface area contributed by atoms with Crippen molar-refractivity contribution in [1.82, 2.24) is 5.32 Å². The second-order valence-electron chi connectivity index (χ2n) is 5.50. The van der Waals surface area contributed by atoms with E-state index in [0.717, 1.165) is 5.56 Å². The van der Waals surface area contributed by atoms with Gasteiger partial charge >= 0.3 is 0 Å². The molecule has 0 bridgehead atoms. The van der Waals surface area contributed by atoms with E-state index in [1.54, 1.807) is 12.1 Å². The van der Waals surface area contributed by atoms with Gasteiger partial charge in [-0.15, -0.1) is 0 Å². The molecule has 0 radical (unpaired) electrons. The second kappa shape index (κ2) is 8.93. The van der Waals surface area contributed by atoms with Crippen LogP contribution >= 0.6 is 11.6 Å². The monoisotopic (exact) mass is 370 g/mol. The van der Waals surface area contributed by atoms with Crippen molar-refractivity contribution in [2.75, 3.05) is 14.2 Å². The van der Waals surface area contributed by atoms with Gasteiger partial charge in [-0.3, -0.25) is 4.79 Å². The van der Waals surface area contributed by atoms with Crippen molar-refractivity contribution < 1.29 is 14.3 Å². The van der Waals surface area contributed by atoms with Gasteiger partial charge in [0, 0.05) is 6.07 Å². The molecule has 0 aliphatic rings. The van der Waals surface area contributed by atoms with Crippen molar-refractivity contribution in [3.05, 3.63) is 64.2 Å². The summed E-state index contributed by atoms with van der Waals surface area (Å²) in [4.78, 5) is 12.5. The van der Waals surface area contributed by atoms with Crippen LogP contribution in [0, 0.1) is 11.3 Å². The molecule has 0 spiro atoms. The van der Waals surface area contributed by atoms with Crippen molar-refractivity contribution in [3.63, 3.8) is 0 Å². The third-order valence-corrected chi connectivity index (χ3v) is 4.14. The molecule has 0 saturated heterocycles. The van der Waals surface area contributed by atoms with Crippen LogP contribution in [0.3, 0.4) is 0 Å². The number of methoxy groups -OCH3 is 2. The Labute approximate surface area is 157 Å².